The van der Waals surface area contributed by atoms with Crippen molar-refractivity contribution in [3.05, 3.63) is 42.0 Å². The van der Waals surface area contributed by atoms with Crippen LogP contribution in [-0.2, 0) is 4.79 Å². The van der Waals surface area contributed by atoms with Crippen molar-refractivity contribution in [1.82, 2.24) is 5.32 Å². The molecule has 0 spiro atoms. The average molecular weight is 400 g/mol. The van der Waals surface area contributed by atoms with Crippen LogP contribution in [0.15, 0.2) is 36.4 Å². The number of amides is 2. The fourth-order valence-corrected chi connectivity index (χ4v) is 3.30. The van der Waals surface area contributed by atoms with Crippen molar-refractivity contribution in [2.24, 2.45) is 0 Å². The molecule has 29 heavy (non-hydrogen) atoms. The van der Waals surface area contributed by atoms with Gasteiger partial charge in [-0.2, -0.15) is 0 Å². The van der Waals surface area contributed by atoms with Gasteiger partial charge in [0.2, 0.25) is 11.7 Å². The lowest BCUT2D eigenvalue weighted by atomic mass is 10.1. The van der Waals surface area contributed by atoms with Gasteiger partial charge in [-0.15, -0.1) is 0 Å². The van der Waals surface area contributed by atoms with E-state index in [-0.39, 0.29) is 24.3 Å². The molecule has 2 aromatic rings. The molecule has 1 aliphatic heterocycles. The Kier molecular flexibility index (Phi) is 6.11. The van der Waals surface area contributed by atoms with Crippen LogP contribution in [0.4, 0.5) is 5.69 Å². The Labute approximate surface area is 169 Å². The summed E-state index contributed by atoms with van der Waals surface area (Å²) >= 11 is 0. The van der Waals surface area contributed by atoms with Crippen LogP contribution in [0.1, 0.15) is 16.8 Å². The summed E-state index contributed by atoms with van der Waals surface area (Å²) in [6.07, 6.45) is 0.224. The Balaban J connectivity index is 1.73. The molecule has 2 aromatic carbocycles. The summed E-state index contributed by atoms with van der Waals surface area (Å²) in [5.41, 5.74) is 1.12. The van der Waals surface area contributed by atoms with Crippen LogP contribution >= 0.6 is 0 Å². The highest BCUT2D eigenvalue weighted by molar-refractivity contribution is 5.99. The van der Waals surface area contributed by atoms with Gasteiger partial charge in [0.15, 0.2) is 11.5 Å². The number of ether oxygens (including phenoxy) is 4. The number of carbonyl (C=O) groups is 2. The second kappa shape index (κ2) is 8.72. The van der Waals surface area contributed by atoms with Gasteiger partial charge in [0, 0.05) is 24.2 Å². The van der Waals surface area contributed by atoms with Crippen LogP contribution in [0.5, 0.6) is 23.0 Å². The minimum absolute atomic E-state index is 0.0506. The highest BCUT2D eigenvalue weighted by Crippen LogP contribution is 2.38. The summed E-state index contributed by atoms with van der Waals surface area (Å²) in [6.45, 7) is 0.390. The van der Waals surface area contributed by atoms with Gasteiger partial charge in [-0.25, -0.2) is 0 Å². The van der Waals surface area contributed by atoms with Crippen LogP contribution in [0.2, 0.25) is 0 Å². The van der Waals surface area contributed by atoms with E-state index in [9.17, 15) is 9.59 Å². The van der Waals surface area contributed by atoms with E-state index >= 15 is 0 Å². The van der Waals surface area contributed by atoms with Gasteiger partial charge < -0.3 is 29.2 Å². The number of anilines is 1. The molecule has 0 unspecified atom stereocenters. The van der Waals surface area contributed by atoms with Crippen molar-refractivity contribution in [3.8, 4) is 23.0 Å². The zero-order valence-corrected chi connectivity index (χ0v) is 16.9. The van der Waals surface area contributed by atoms with Crippen LogP contribution in [0.25, 0.3) is 0 Å². The van der Waals surface area contributed by atoms with E-state index < -0.39 is 0 Å². The molecule has 1 aliphatic rings. The van der Waals surface area contributed by atoms with E-state index in [2.05, 4.69) is 5.32 Å². The number of benzene rings is 2. The highest BCUT2D eigenvalue weighted by Gasteiger charge is 2.32. The molecule has 3 rings (SSSR count). The van der Waals surface area contributed by atoms with Crippen LogP contribution in [-0.4, -0.2) is 52.8 Å². The number of nitrogens with zero attached hydrogens (tertiary/aromatic N) is 1. The fourth-order valence-electron chi connectivity index (χ4n) is 3.30. The van der Waals surface area contributed by atoms with Gasteiger partial charge in [-0.05, 0) is 36.4 Å². The first-order chi connectivity index (χ1) is 14.0. The van der Waals surface area contributed by atoms with E-state index in [1.165, 1.54) is 21.3 Å². The molecule has 1 fully saturated rings. The van der Waals surface area contributed by atoms with Gasteiger partial charge in [0.25, 0.3) is 5.91 Å². The highest BCUT2D eigenvalue weighted by atomic mass is 16.5. The summed E-state index contributed by atoms with van der Waals surface area (Å²) in [5.74, 6) is 1.53. The number of nitrogens with one attached hydrogen (secondary N) is 1. The maximum Gasteiger partial charge on any atom is 0.251 e. The number of rotatable bonds is 7. The maximum absolute atomic E-state index is 12.8. The first kappa shape index (κ1) is 20.3. The molecule has 8 heteroatoms. The third-order valence-corrected chi connectivity index (χ3v) is 4.77. The first-order valence-corrected chi connectivity index (χ1v) is 9.06. The molecule has 0 bridgehead atoms. The van der Waals surface area contributed by atoms with Crippen molar-refractivity contribution in [2.75, 3.05) is 39.9 Å². The molecular formula is C21H24N2O6. The summed E-state index contributed by atoms with van der Waals surface area (Å²) in [6, 6.07) is 10.1. The Morgan fingerprint density at radius 3 is 2.10 bits per heavy atom. The molecule has 8 nitrogen and oxygen atoms in total. The van der Waals surface area contributed by atoms with Crippen LogP contribution in [0, 0.1) is 0 Å². The van der Waals surface area contributed by atoms with E-state index in [0.717, 1.165) is 5.69 Å². The monoisotopic (exact) mass is 400 g/mol. The Bertz CT molecular complexity index is 872. The van der Waals surface area contributed by atoms with Gasteiger partial charge in [-0.3, -0.25) is 9.59 Å². The molecule has 0 aromatic heterocycles. The average Bonchev–Trinajstić information content (AvgIpc) is 3.12. The van der Waals surface area contributed by atoms with E-state index in [1.807, 2.05) is 12.1 Å². The van der Waals surface area contributed by atoms with E-state index in [4.69, 9.17) is 18.9 Å². The third-order valence-electron chi connectivity index (χ3n) is 4.77. The topological polar surface area (TPSA) is 86.3 Å². The van der Waals surface area contributed by atoms with Gasteiger partial charge >= 0.3 is 0 Å². The van der Waals surface area contributed by atoms with Crippen molar-refractivity contribution in [3.63, 3.8) is 0 Å². The van der Waals surface area contributed by atoms with Crippen molar-refractivity contribution in [1.29, 1.82) is 0 Å². The second-order valence-corrected chi connectivity index (χ2v) is 6.49. The molecule has 1 saturated heterocycles. The maximum atomic E-state index is 12.8. The molecule has 154 valence electrons. The predicted octanol–water partition coefficient (Wildman–Crippen LogP) is 2.26. The molecule has 1 N–H and O–H groups in total. The summed E-state index contributed by atoms with van der Waals surface area (Å²) in [7, 11) is 6.06. The molecule has 0 radical (unpaired) electrons. The molecule has 0 aliphatic carbocycles. The zero-order valence-electron chi connectivity index (χ0n) is 16.9. The summed E-state index contributed by atoms with van der Waals surface area (Å²) in [4.78, 5) is 26.8. The second-order valence-electron chi connectivity index (χ2n) is 6.49. The van der Waals surface area contributed by atoms with E-state index in [0.29, 0.717) is 35.1 Å². The number of hydrogen-bond donors (Lipinski definition) is 1. The standard InChI is InChI=1S/C21H24N2O6/c1-26-16-7-5-15(6-8-16)23-12-14(11-19(23)24)22-21(25)13-9-17(27-2)20(29-4)18(10-13)28-3/h5-10,14H,11-12H2,1-4H3,(H,22,25)/t14-/m0/s1. The van der Waals surface area contributed by atoms with Crippen molar-refractivity contribution in [2.45, 2.75) is 12.5 Å². The van der Waals surface area contributed by atoms with Gasteiger partial charge in [-0.1, -0.05) is 0 Å². The molecule has 1 atom stereocenters. The Hall–Kier alpha value is -3.42. The number of carbonyl (C=O) groups excluding carboxylic acids is 2. The lowest BCUT2D eigenvalue weighted by Gasteiger charge is -2.18. The predicted molar refractivity (Wildman–Crippen MR) is 107 cm³/mol. The lowest BCUT2D eigenvalue weighted by Crippen LogP contribution is -2.37. The van der Waals surface area contributed by atoms with Crippen molar-refractivity contribution >= 4 is 17.5 Å². The number of methoxy groups -OCH3 is 4. The molecule has 2 amide bonds. The SMILES string of the molecule is COc1ccc(N2C[C@@H](NC(=O)c3cc(OC)c(OC)c(OC)c3)CC2=O)cc1. The third kappa shape index (κ3) is 4.21. The molecule has 0 saturated carbocycles. The number of hydrogen-bond acceptors (Lipinski definition) is 6. The lowest BCUT2D eigenvalue weighted by molar-refractivity contribution is -0.117. The van der Waals surface area contributed by atoms with Crippen LogP contribution < -0.4 is 29.2 Å². The van der Waals surface area contributed by atoms with Crippen LogP contribution in [0.3, 0.4) is 0 Å². The molecule has 1 heterocycles. The Morgan fingerprint density at radius 2 is 1.59 bits per heavy atom. The van der Waals surface area contributed by atoms with Gasteiger partial charge in [0.05, 0.1) is 34.5 Å². The minimum atomic E-state index is -0.321. The fraction of sp³-hybridized carbons (Fsp3) is 0.333. The largest absolute Gasteiger partial charge is 0.497 e. The van der Waals surface area contributed by atoms with Crippen molar-refractivity contribution < 1.29 is 28.5 Å². The smallest absolute Gasteiger partial charge is 0.251 e. The van der Waals surface area contributed by atoms with Gasteiger partial charge in [0.1, 0.15) is 5.75 Å². The first-order valence-electron chi connectivity index (χ1n) is 9.06. The Morgan fingerprint density at radius 1 is 0.966 bits per heavy atom. The summed E-state index contributed by atoms with van der Waals surface area (Å²) in [5, 5.41) is 2.91. The quantitative estimate of drug-likeness (QED) is 0.767. The zero-order chi connectivity index (χ0) is 21.0. The molecular weight excluding hydrogens is 376 g/mol. The van der Waals surface area contributed by atoms with E-state index in [1.54, 1.807) is 36.3 Å². The minimum Gasteiger partial charge on any atom is -0.497 e. The summed E-state index contributed by atoms with van der Waals surface area (Å²) < 4.78 is 21.0. The normalized spacial score (nSPS) is 15.8.